The Labute approximate surface area is 105 Å². The van der Waals surface area contributed by atoms with E-state index in [9.17, 15) is 4.79 Å². The summed E-state index contributed by atoms with van der Waals surface area (Å²) >= 11 is 6.67. The number of hydrogen-bond acceptors (Lipinski definition) is 2. The number of carbonyl (C=O) groups is 1. The summed E-state index contributed by atoms with van der Waals surface area (Å²) in [6, 6.07) is 5.50. The van der Waals surface area contributed by atoms with E-state index in [0.29, 0.717) is 12.3 Å². The lowest BCUT2D eigenvalue weighted by Crippen LogP contribution is -2.14. The van der Waals surface area contributed by atoms with Crippen LogP contribution in [0.5, 0.6) is 0 Å². The van der Waals surface area contributed by atoms with Crippen molar-refractivity contribution < 1.29 is 9.53 Å². The van der Waals surface area contributed by atoms with Crippen LogP contribution in [-0.2, 0) is 4.74 Å². The highest BCUT2D eigenvalue weighted by molar-refractivity contribution is 9.11. The maximum absolute atomic E-state index is 11.2. The lowest BCUT2D eigenvalue weighted by Gasteiger charge is -2.07. The number of hydrogen-bond donors (Lipinski definition) is 1. The highest BCUT2D eigenvalue weighted by atomic mass is 79.9. The Kier molecular flexibility index (Phi) is 5.11. The molecular formula is C10H11Br2NO2. The Hall–Kier alpha value is -0.550. The average Bonchev–Trinajstić information content (AvgIpc) is 2.19. The molecule has 0 aliphatic carbocycles. The molecule has 0 fully saturated rings. The van der Waals surface area contributed by atoms with Gasteiger partial charge >= 0.3 is 6.09 Å². The zero-order valence-corrected chi connectivity index (χ0v) is 11.4. The normalized spacial score (nSPS) is 9.80. The molecule has 0 heterocycles. The molecule has 0 aromatic heterocycles. The zero-order chi connectivity index (χ0) is 11.3. The summed E-state index contributed by atoms with van der Waals surface area (Å²) in [7, 11) is 0. The molecule has 0 radical (unpaired) electrons. The molecule has 1 rings (SSSR count). The standard InChI is InChI=1S/C10H11Br2NO2/c1-2-5-15-10(14)13-9-4-3-7(11)6-8(9)12/h3-4,6H,2,5H2,1H3,(H,13,14). The van der Waals surface area contributed by atoms with E-state index in [-0.39, 0.29) is 0 Å². The van der Waals surface area contributed by atoms with Gasteiger partial charge < -0.3 is 4.74 Å². The van der Waals surface area contributed by atoms with E-state index in [4.69, 9.17) is 4.74 Å². The predicted molar refractivity (Wildman–Crippen MR) is 67.1 cm³/mol. The second-order valence-electron chi connectivity index (χ2n) is 2.89. The maximum atomic E-state index is 11.2. The van der Waals surface area contributed by atoms with Crippen molar-refractivity contribution >= 4 is 43.6 Å². The van der Waals surface area contributed by atoms with Crippen LogP contribution in [-0.4, -0.2) is 12.7 Å². The van der Waals surface area contributed by atoms with Crippen molar-refractivity contribution in [2.24, 2.45) is 0 Å². The summed E-state index contributed by atoms with van der Waals surface area (Å²) in [5.41, 5.74) is 0.694. The summed E-state index contributed by atoms with van der Waals surface area (Å²) in [6.45, 7) is 2.38. The molecule has 0 saturated carbocycles. The van der Waals surface area contributed by atoms with E-state index in [2.05, 4.69) is 37.2 Å². The molecule has 3 nitrogen and oxygen atoms in total. The van der Waals surface area contributed by atoms with Gasteiger partial charge in [0.25, 0.3) is 0 Å². The molecule has 1 aromatic rings. The topological polar surface area (TPSA) is 38.3 Å². The van der Waals surface area contributed by atoms with Crippen LogP contribution in [0.4, 0.5) is 10.5 Å². The lowest BCUT2D eigenvalue weighted by atomic mass is 10.3. The molecule has 1 N–H and O–H groups in total. The van der Waals surface area contributed by atoms with Crippen LogP contribution in [0.2, 0.25) is 0 Å². The minimum atomic E-state index is -0.431. The number of halogens is 2. The summed E-state index contributed by atoms with van der Waals surface area (Å²) in [5.74, 6) is 0. The van der Waals surface area contributed by atoms with Crippen LogP contribution < -0.4 is 5.32 Å². The van der Waals surface area contributed by atoms with Gasteiger partial charge in [-0.2, -0.15) is 0 Å². The molecular weight excluding hydrogens is 326 g/mol. The van der Waals surface area contributed by atoms with E-state index in [0.717, 1.165) is 15.4 Å². The van der Waals surface area contributed by atoms with E-state index < -0.39 is 6.09 Å². The first-order valence-electron chi connectivity index (χ1n) is 4.52. The minimum absolute atomic E-state index is 0.431. The number of ether oxygens (including phenoxy) is 1. The van der Waals surface area contributed by atoms with Gasteiger partial charge in [0.05, 0.1) is 12.3 Å². The van der Waals surface area contributed by atoms with Gasteiger partial charge in [-0.15, -0.1) is 0 Å². The molecule has 0 unspecified atom stereocenters. The van der Waals surface area contributed by atoms with Gasteiger partial charge in [-0.3, -0.25) is 5.32 Å². The van der Waals surface area contributed by atoms with Crippen molar-refractivity contribution in [1.82, 2.24) is 0 Å². The molecule has 82 valence electrons. The van der Waals surface area contributed by atoms with E-state index in [1.165, 1.54) is 0 Å². The molecule has 1 aromatic carbocycles. The van der Waals surface area contributed by atoms with Crippen LogP contribution in [0.3, 0.4) is 0 Å². The van der Waals surface area contributed by atoms with Gasteiger partial charge in [0, 0.05) is 8.95 Å². The summed E-state index contributed by atoms with van der Waals surface area (Å²) < 4.78 is 6.65. The molecule has 0 atom stereocenters. The minimum Gasteiger partial charge on any atom is -0.449 e. The largest absolute Gasteiger partial charge is 0.449 e. The smallest absolute Gasteiger partial charge is 0.411 e. The van der Waals surface area contributed by atoms with Gasteiger partial charge in [-0.25, -0.2) is 4.79 Å². The molecule has 0 aliphatic rings. The van der Waals surface area contributed by atoms with E-state index in [1.54, 1.807) is 6.07 Å². The second kappa shape index (κ2) is 6.12. The summed E-state index contributed by atoms with van der Waals surface area (Å²) in [5, 5.41) is 2.64. The fourth-order valence-electron chi connectivity index (χ4n) is 0.932. The van der Waals surface area contributed by atoms with Crippen molar-refractivity contribution in [3.8, 4) is 0 Å². The number of amides is 1. The number of rotatable bonds is 3. The van der Waals surface area contributed by atoms with Gasteiger partial charge in [-0.05, 0) is 40.5 Å². The van der Waals surface area contributed by atoms with Crippen molar-refractivity contribution in [3.05, 3.63) is 27.1 Å². The third kappa shape index (κ3) is 4.22. The monoisotopic (exact) mass is 335 g/mol. The highest BCUT2D eigenvalue weighted by Gasteiger charge is 2.05. The summed E-state index contributed by atoms with van der Waals surface area (Å²) in [4.78, 5) is 11.2. The number of benzene rings is 1. The first-order valence-corrected chi connectivity index (χ1v) is 6.11. The molecule has 0 aliphatic heterocycles. The van der Waals surface area contributed by atoms with Crippen LogP contribution in [0.1, 0.15) is 13.3 Å². The van der Waals surface area contributed by atoms with Crippen LogP contribution in [0, 0.1) is 0 Å². The van der Waals surface area contributed by atoms with Crippen molar-refractivity contribution in [2.75, 3.05) is 11.9 Å². The lowest BCUT2D eigenvalue weighted by molar-refractivity contribution is 0.161. The maximum Gasteiger partial charge on any atom is 0.411 e. The van der Waals surface area contributed by atoms with Gasteiger partial charge in [0.1, 0.15) is 0 Å². The van der Waals surface area contributed by atoms with E-state index in [1.807, 2.05) is 19.1 Å². The Morgan fingerprint density at radius 3 is 2.80 bits per heavy atom. The van der Waals surface area contributed by atoms with Crippen LogP contribution >= 0.6 is 31.9 Å². The molecule has 15 heavy (non-hydrogen) atoms. The Morgan fingerprint density at radius 2 is 2.20 bits per heavy atom. The van der Waals surface area contributed by atoms with Gasteiger partial charge in [-0.1, -0.05) is 22.9 Å². The van der Waals surface area contributed by atoms with Crippen LogP contribution in [0.25, 0.3) is 0 Å². The molecule has 1 amide bonds. The van der Waals surface area contributed by atoms with Gasteiger partial charge in [0.2, 0.25) is 0 Å². The molecule has 0 saturated heterocycles. The highest BCUT2D eigenvalue weighted by Crippen LogP contribution is 2.26. The van der Waals surface area contributed by atoms with Gasteiger partial charge in [0.15, 0.2) is 0 Å². The SMILES string of the molecule is CCCOC(=O)Nc1ccc(Br)cc1Br. The number of carbonyl (C=O) groups excluding carboxylic acids is 1. The van der Waals surface area contributed by atoms with Crippen LogP contribution in [0.15, 0.2) is 27.1 Å². The average molecular weight is 337 g/mol. The fourth-order valence-corrected chi connectivity index (χ4v) is 2.08. The Balaban J connectivity index is 2.60. The Bertz CT molecular complexity index is 355. The molecule has 0 bridgehead atoms. The second-order valence-corrected chi connectivity index (χ2v) is 4.66. The Morgan fingerprint density at radius 1 is 1.47 bits per heavy atom. The summed E-state index contributed by atoms with van der Waals surface area (Å²) in [6.07, 6.45) is 0.384. The predicted octanol–water partition coefficient (Wildman–Crippen LogP) is 4.17. The first kappa shape index (κ1) is 12.5. The molecule has 5 heteroatoms. The number of anilines is 1. The third-order valence-electron chi connectivity index (χ3n) is 1.61. The van der Waals surface area contributed by atoms with Crippen molar-refractivity contribution in [3.63, 3.8) is 0 Å². The van der Waals surface area contributed by atoms with Crippen molar-refractivity contribution in [1.29, 1.82) is 0 Å². The zero-order valence-electron chi connectivity index (χ0n) is 8.22. The molecule has 0 spiro atoms. The first-order chi connectivity index (χ1) is 7.13. The quantitative estimate of drug-likeness (QED) is 0.899. The number of nitrogens with one attached hydrogen (secondary N) is 1. The fraction of sp³-hybridized carbons (Fsp3) is 0.300. The third-order valence-corrected chi connectivity index (χ3v) is 2.75. The van der Waals surface area contributed by atoms with Crippen molar-refractivity contribution in [2.45, 2.75) is 13.3 Å². The van der Waals surface area contributed by atoms with E-state index >= 15 is 0 Å².